The van der Waals surface area contributed by atoms with Crippen LogP contribution in [-0.4, -0.2) is 28.3 Å². The highest BCUT2D eigenvalue weighted by molar-refractivity contribution is 5.99. The van der Waals surface area contributed by atoms with Crippen LogP contribution in [0, 0.1) is 21.8 Å². The van der Waals surface area contributed by atoms with Gasteiger partial charge in [0.15, 0.2) is 5.82 Å². The lowest BCUT2D eigenvalue weighted by Crippen LogP contribution is -2.38. The number of halogens is 1. The number of benzene rings is 1. The monoisotopic (exact) mass is 295 g/mol. The molecule has 1 aromatic rings. The van der Waals surface area contributed by atoms with Gasteiger partial charge in [-0.15, -0.1) is 0 Å². The second-order valence-corrected chi connectivity index (χ2v) is 5.60. The number of nitro groups is 1. The Balaban J connectivity index is 2.43. The van der Waals surface area contributed by atoms with Gasteiger partial charge in [0.05, 0.1) is 16.7 Å². The molecule has 1 aromatic carbocycles. The van der Waals surface area contributed by atoms with Crippen molar-refractivity contribution in [2.75, 3.05) is 12.3 Å². The van der Waals surface area contributed by atoms with E-state index >= 15 is 0 Å². The van der Waals surface area contributed by atoms with E-state index in [1.54, 1.807) is 4.90 Å². The Morgan fingerprint density at radius 3 is 2.76 bits per heavy atom. The van der Waals surface area contributed by atoms with Crippen molar-refractivity contribution in [2.24, 2.45) is 5.92 Å². The van der Waals surface area contributed by atoms with E-state index < -0.39 is 22.3 Å². The standard InChI is InChI=1S/C14H18FN3O3/c1-8(2)12-4-3-5-17(12)14(19)9-6-11(16)10(15)7-13(9)18(20)21/h6-8,12H,3-5,16H2,1-2H3. The first-order chi connectivity index (χ1) is 9.82. The van der Waals surface area contributed by atoms with Gasteiger partial charge in [0.1, 0.15) is 5.56 Å². The molecule has 1 aliphatic heterocycles. The van der Waals surface area contributed by atoms with E-state index in [4.69, 9.17) is 5.73 Å². The molecular weight excluding hydrogens is 277 g/mol. The summed E-state index contributed by atoms with van der Waals surface area (Å²) in [5, 5.41) is 11.0. The van der Waals surface area contributed by atoms with Crippen molar-refractivity contribution in [1.82, 2.24) is 4.90 Å². The van der Waals surface area contributed by atoms with Crippen molar-refractivity contribution in [3.63, 3.8) is 0 Å². The van der Waals surface area contributed by atoms with Crippen LogP contribution in [0.3, 0.4) is 0 Å². The SMILES string of the molecule is CC(C)C1CCCN1C(=O)c1cc(N)c(F)cc1[N+](=O)[O-]. The van der Waals surface area contributed by atoms with Gasteiger partial charge in [-0.25, -0.2) is 4.39 Å². The third-order valence-electron chi connectivity index (χ3n) is 3.87. The number of carbonyl (C=O) groups excluding carboxylic acids is 1. The summed E-state index contributed by atoms with van der Waals surface area (Å²) in [6.45, 7) is 4.56. The predicted octanol–water partition coefficient (Wildman–Crippen LogP) is 2.58. The van der Waals surface area contributed by atoms with Crippen LogP contribution in [0.25, 0.3) is 0 Å². The van der Waals surface area contributed by atoms with E-state index in [1.165, 1.54) is 0 Å². The Hall–Kier alpha value is -2.18. The van der Waals surface area contributed by atoms with E-state index in [9.17, 15) is 19.3 Å². The first-order valence-electron chi connectivity index (χ1n) is 6.87. The molecule has 1 amide bonds. The molecule has 1 fully saturated rings. The number of rotatable bonds is 3. The highest BCUT2D eigenvalue weighted by atomic mass is 19.1. The normalized spacial score (nSPS) is 18.3. The largest absolute Gasteiger partial charge is 0.396 e. The zero-order valence-corrected chi connectivity index (χ0v) is 12.0. The molecule has 0 saturated carbocycles. The fraction of sp³-hybridized carbons (Fsp3) is 0.500. The third kappa shape index (κ3) is 2.81. The van der Waals surface area contributed by atoms with Gasteiger partial charge in [-0.3, -0.25) is 14.9 Å². The molecule has 0 radical (unpaired) electrons. The highest BCUT2D eigenvalue weighted by Crippen LogP contribution is 2.30. The van der Waals surface area contributed by atoms with Crippen LogP contribution in [0.4, 0.5) is 15.8 Å². The Kier molecular flexibility index (Phi) is 4.11. The Morgan fingerprint density at radius 2 is 2.19 bits per heavy atom. The lowest BCUT2D eigenvalue weighted by molar-refractivity contribution is -0.385. The molecule has 1 heterocycles. The van der Waals surface area contributed by atoms with Crippen molar-refractivity contribution >= 4 is 17.3 Å². The van der Waals surface area contributed by atoms with Gasteiger partial charge in [-0.05, 0) is 24.8 Å². The maximum Gasteiger partial charge on any atom is 0.285 e. The molecular formula is C14H18FN3O3. The number of amides is 1. The molecule has 7 heteroatoms. The van der Waals surface area contributed by atoms with Crippen LogP contribution >= 0.6 is 0 Å². The lowest BCUT2D eigenvalue weighted by Gasteiger charge is -2.27. The molecule has 0 aromatic heterocycles. The van der Waals surface area contributed by atoms with Crippen LogP contribution in [-0.2, 0) is 0 Å². The molecule has 0 bridgehead atoms. The van der Waals surface area contributed by atoms with Gasteiger partial charge in [-0.1, -0.05) is 13.8 Å². The number of hydrogen-bond acceptors (Lipinski definition) is 4. The Labute approximate surface area is 121 Å². The number of likely N-dealkylation sites (tertiary alicyclic amines) is 1. The molecule has 2 N–H and O–H groups in total. The number of nitrogens with two attached hydrogens (primary N) is 1. The summed E-state index contributed by atoms with van der Waals surface area (Å²) < 4.78 is 13.4. The van der Waals surface area contributed by atoms with Gasteiger partial charge < -0.3 is 10.6 Å². The van der Waals surface area contributed by atoms with E-state index in [1.807, 2.05) is 13.8 Å². The van der Waals surface area contributed by atoms with Gasteiger partial charge in [0, 0.05) is 12.6 Å². The summed E-state index contributed by atoms with van der Waals surface area (Å²) >= 11 is 0. The maximum atomic E-state index is 13.4. The fourth-order valence-corrected chi connectivity index (χ4v) is 2.79. The zero-order chi connectivity index (χ0) is 15.7. The van der Waals surface area contributed by atoms with E-state index in [-0.39, 0.29) is 23.2 Å². The van der Waals surface area contributed by atoms with Crippen molar-refractivity contribution in [1.29, 1.82) is 0 Å². The first kappa shape index (κ1) is 15.2. The molecule has 6 nitrogen and oxygen atoms in total. The van der Waals surface area contributed by atoms with E-state index in [0.29, 0.717) is 12.6 Å². The maximum absolute atomic E-state index is 13.4. The lowest BCUT2D eigenvalue weighted by atomic mass is 10.0. The van der Waals surface area contributed by atoms with Crippen LogP contribution < -0.4 is 5.73 Å². The summed E-state index contributed by atoms with van der Waals surface area (Å²) in [4.78, 5) is 24.5. The zero-order valence-electron chi connectivity index (χ0n) is 12.0. The van der Waals surface area contributed by atoms with Crippen LogP contribution in [0.15, 0.2) is 12.1 Å². The Morgan fingerprint density at radius 1 is 1.52 bits per heavy atom. The smallest absolute Gasteiger partial charge is 0.285 e. The fourth-order valence-electron chi connectivity index (χ4n) is 2.79. The van der Waals surface area contributed by atoms with Gasteiger partial charge in [-0.2, -0.15) is 0 Å². The summed E-state index contributed by atoms with van der Waals surface area (Å²) in [6.07, 6.45) is 1.73. The minimum atomic E-state index is -0.889. The van der Waals surface area contributed by atoms with Crippen molar-refractivity contribution in [3.8, 4) is 0 Å². The molecule has 0 spiro atoms. The van der Waals surface area contributed by atoms with Crippen LogP contribution in [0.5, 0.6) is 0 Å². The minimum Gasteiger partial charge on any atom is -0.396 e. The molecule has 1 saturated heterocycles. The second-order valence-electron chi connectivity index (χ2n) is 5.60. The van der Waals surface area contributed by atoms with Gasteiger partial charge in [0.2, 0.25) is 0 Å². The minimum absolute atomic E-state index is 0.0448. The predicted molar refractivity (Wildman–Crippen MR) is 76.4 cm³/mol. The number of carbonyl (C=O) groups is 1. The number of nitrogens with zero attached hydrogens (tertiary/aromatic N) is 2. The van der Waals surface area contributed by atoms with Crippen LogP contribution in [0.2, 0.25) is 0 Å². The number of hydrogen-bond donors (Lipinski definition) is 1. The molecule has 1 aliphatic rings. The van der Waals surface area contributed by atoms with Crippen molar-refractivity contribution in [2.45, 2.75) is 32.7 Å². The molecule has 114 valence electrons. The topological polar surface area (TPSA) is 89.5 Å². The average molecular weight is 295 g/mol. The summed E-state index contributed by atoms with van der Waals surface area (Å²) in [6, 6.07) is 1.82. The summed E-state index contributed by atoms with van der Waals surface area (Å²) in [5.41, 5.74) is 4.50. The number of nitro benzene ring substituents is 1. The van der Waals surface area contributed by atoms with E-state index in [0.717, 1.165) is 18.9 Å². The Bertz CT molecular complexity index is 589. The molecule has 2 rings (SSSR count). The highest BCUT2D eigenvalue weighted by Gasteiger charge is 2.34. The first-order valence-corrected chi connectivity index (χ1v) is 6.87. The van der Waals surface area contributed by atoms with Crippen LogP contribution in [0.1, 0.15) is 37.0 Å². The number of anilines is 1. The van der Waals surface area contributed by atoms with Gasteiger partial charge >= 0.3 is 0 Å². The third-order valence-corrected chi connectivity index (χ3v) is 3.87. The molecule has 1 atom stereocenters. The summed E-state index contributed by atoms with van der Waals surface area (Å²) in [5.74, 6) is -1.09. The molecule has 0 aliphatic carbocycles. The van der Waals surface area contributed by atoms with Crippen molar-refractivity contribution < 1.29 is 14.1 Å². The second kappa shape index (κ2) is 5.67. The average Bonchev–Trinajstić information content (AvgIpc) is 2.89. The number of nitrogen functional groups attached to an aromatic ring is 1. The molecule has 1 unspecified atom stereocenters. The van der Waals surface area contributed by atoms with E-state index in [2.05, 4.69) is 0 Å². The van der Waals surface area contributed by atoms with Crippen molar-refractivity contribution in [3.05, 3.63) is 33.6 Å². The molecule has 21 heavy (non-hydrogen) atoms. The van der Waals surface area contributed by atoms with Gasteiger partial charge in [0.25, 0.3) is 11.6 Å². The quantitative estimate of drug-likeness (QED) is 0.527. The summed E-state index contributed by atoms with van der Waals surface area (Å²) in [7, 11) is 0.